The number of urea groups is 1. The van der Waals surface area contributed by atoms with Gasteiger partial charge in [0.05, 0.1) is 12.7 Å². The number of aryl methyl sites for hydroxylation is 1. The van der Waals surface area contributed by atoms with Crippen molar-refractivity contribution in [2.75, 3.05) is 13.1 Å². The van der Waals surface area contributed by atoms with Gasteiger partial charge in [0, 0.05) is 31.4 Å². The van der Waals surface area contributed by atoms with E-state index in [1.54, 1.807) is 0 Å². The van der Waals surface area contributed by atoms with Crippen LogP contribution in [0.2, 0.25) is 0 Å². The first kappa shape index (κ1) is 14.9. The Hall–Kier alpha value is -1.52. The van der Waals surface area contributed by atoms with Crippen LogP contribution in [-0.2, 0) is 20.0 Å². The predicted molar refractivity (Wildman–Crippen MR) is 79.4 cm³/mol. The Kier molecular flexibility index (Phi) is 4.35. The average molecular weight is 278 g/mol. The first-order valence-corrected chi connectivity index (χ1v) is 7.45. The van der Waals surface area contributed by atoms with Gasteiger partial charge in [-0.05, 0) is 24.7 Å². The van der Waals surface area contributed by atoms with Gasteiger partial charge in [-0.25, -0.2) is 4.79 Å². The van der Waals surface area contributed by atoms with Crippen molar-refractivity contribution >= 4 is 6.03 Å². The molecule has 0 saturated heterocycles. The highest BCUT2D eigenvalue weighted by atomic mass is 16.2. The molecular weight excluding hydrogens is 252 g/mol. The summed E-state index contributed by atoms with van der Waals surface area (Å²) in [7, 11) is 1.97. The minimum Gasteiger partial charge on any atom is -0.337 e. The molecule has 0 aliphatic carbocycles. The lowest BCUT2D eigenvalue weighted by Gasteiger charge is -2.26. The van der Waals surface area contributed by atoms with Crippen LogP contribution in [0.5, 0.6) is 0 Å². The van der Waals surface area contributed by atoms with Crippen molar-refractivity contribution in [1.82, 2.24) is 20.0 Å². The summed E-state index contributed by atoms with van der Waals surface area (Å²) >= 11 is 0. The highest BCUT2D eigenvalue weighted by Crippen LogP contribution is 2.20. The van der Waals surface area contributed by atoms with Gasteiger partial charge in [0.2, 0.25) is 0 Å². The highest BCUT2D eigenvalue weighted by molar-refractivity contribution is 5.74. The summed E-state index contributed by atoms with van der Waals surface area (Å²) in [5.41, 5.74) is 2.59. The minimum atomic E-state index is 0.0447. The quantitative estimate of drug-likeness (QED) is 0.922. The summed E-state index contributed by atoms with van der Waals surface area (Å²) in [6.07, 6.45) is 4.93. The van der Waals surface area contributed by atoms with Crippen molar-refractivity contribution in [3.8, 4) is 0 Å². The number of amides is 2. The molecule has 1 N–H and O–H groups in total. The smallest absolute Gasteiger partial charge is 0.317 e. The van der Waals surface area contributed by atoms with Crippen LogP contribution in [0.25, 0.3) is 0 Å². The van der Waals surface area contributed by atoms with E-state index in [0.29, 0.717) is 6.54 Å². The molecule has 0 saturated carbocycles. The molecular formula is C15H26N4O. The Bertz CT molecular complexity index is 478. The van der Waals surface area contributed by atoms with Crippen LogP contribution >= 0.6 is 0 Å². The summed E-state index contributed by atoms with van der Waals surface area (Å²) in [5.74, 6) is 0. The van der Waals surface area contributed by atoms with Crippen LogP contribution in [0.15, 0.2) is 6.20 Å². The second-order valence-corrected chi connectivity index (χ2v) is 6.44. The fourth-order valence-corrected chi connectivity index (χ4v) is 2.41. The number of fused-ring (bicyclic) bond motifs is 1. The molecule has 2 heterocycles. The first-order chi connectivity index (χ1) is 9.43. The number of hydrogen-bond donors (Lipinski definition) is 1. The molecule has 1 aromatic heterocycles. The monoisotopic (exact) mass is 278 g/mol. The zero-order valence-corrected chi connectivity index (χ0v) is 13.1. The summed E-state index contributed by atoms with van der Waals surface area (Å²) in [4.78, 5) is 14.2. The molecule has 0 fully saturated rings. The minimum absolute atomic E-state index is 0.0447. The molecule has 0 spiro atoms. The molecule has 1 aliphatic rings. The number of carbonyl (C=O) groups excluding carboxylic acids is 1. The molecule has 20 heavy (non-hydrogen) atoms. The van der Waals surface area contributed by atoms with E-state index in [1.165, 1.54) is 11.3 Å². The van der Waals surface area contributed by atoms with Gasteiger partial charge < -0.3 is 10.2 Å². The van der Waals surface area contributed by atoms with Crippen molar-refractivity contribution in [1.29, 1.82) is 0 Å². The number of hydrogen-bond acceptors (Lipinski definition) is 2. The van der Waals surface area contributed by atoms with Crippen LogP contribution in [0.3, 0.4) is 0 Å². The molecule has 5 nitrogen and oxygen atoms in total. The van der Waals surface area contributed by atoms with E-state index in [2.05, 4.69) is 31.2 Å². The van der Waals surface area contributed by atoms with E-state index >= 15 is 0 Å². The van der Waals surface area contributed by atoms with Gasteiger partial charge in [-0.15, -0.1) is 0 Å². The fraction of sp³-hybridized carbons (Fsp3) is 0.733. The molecule has 2 amide bonds. The first-order valence-electron chi connectivity index (χ1n) is 7.45. The normalized spacial score (nSPS) is 15.7. The predicted octanol–water partition coefficient (Wildman–Crippen LogP) is 2.31. The van der Waals surface area contributed by atoms with Gasteiger partial charge in [0.1, 0.15) is 0 Å². The summed E-state index contributed by atoms with van der Waals surface area (Å²) in [6.45, 7) is 8.71. The number of nitrogens with zero attached hydrogens (tertiary/aromatic N) is 3. The third-order valence-corrected chi connectivity index (χ3v) is 4.31. The van der Waals surface area contributed by atoms with Crippen molar-refractivity contribution in [3.63, 3.8) is 0 Å². The number of rotatable bonds is 3. The van der Waals surface area contributed by atoms with Gasteiger partial charge >= 0.3 is 6.03 Å². The van der Waals surface area contributed by atoms with E-state index in [4.69, 9.17) is 0 Å². The van der Waals surface area contributed by atoms with Gasteiger partial charge in [-0.2, -0.15) is 5.10 Å². The molecule has 0 atom stereocenters. The summed E-state index contributed by atoms with van der Waals surface area (Å²) in [6, 6.07) is 0.0447. The Morgan fingerprint density at radius 1 is 1.50 bits per heavy atom. The summed E-state index contributed by atoms with van der Waals surface area (Å²) in [5, 5.41) is 7.36. The van der Waals surface area contributed by atoms with Crippen molar-refractivity contribution < 1.29 is 4.79 Å². The van der Waals surface area contributed by atoms with Gasteiger partial charge in [0.15, 0.2) is 0 Å². The van der Waals surface area contributed by atoms with Crippen LogP contribution in [0.4, 0.5) is 4.79 Å². The molecule has 0 unspecified atom stereocenters. The standard InChI is InChI=1S/C15H26N4O/c1-5-15(2,3)11-16-14(20)19-8-6-7-13-12(10-19)9-17-18(13)4/h9H,5-8,10-11H2,1-4H3,(H,16,20). The van der Waals surface area contributed by atoms with E-state index in [9.17, 15) is 4.79 Å². The zero-order chi connectivity index (χ0) is 14.8. The van der Waals surface area contributed by atoms with Gasteiger partial charge in [-0.3, -0.25) is 4.68 Å². The number of aromatic nitrogens is 2. The molecule has 112 valence electrons. The molecule has 0 bridgehead atoms. The van der Waals surface area contributed by atoms with E-state index < -0.39 is 0 Å². The highest BCUT2D eigenvalue weighted by Gasteiger charge is 2.23. The molecule has 5 heteroatoms. The largest absolute Gasteiger partial charge is 0.337 e. The lowest BCUT2D eigenvalue weighted by atomic mass is 9.90. The molecule has 2 rings (SSSR count). The van der Waals surface area contributed by atoms with Crippen LogP contribution in [0, 0.1) is 5.41 Å². The van der Waals surface area contributed by atoms with Crippen LogP contribution in [0.1, 0.15) is 44.9 Å². The topological polar surface area (TPSA) is 50.2 Å². The lowest BCUT2D eigenvalue weighted by Crippen LogP contribution is -2.43. The molecule has 1 aliphatic heterocycles. The van der Waals surface area contributed by atoms with E-state index in [-0.39, 0.29) is 11.4 Å². The average Bonchev–Trinajstić information content (AvgIpc) is 2.65. The van der Waals surface area contributed by atoms with Crippen LogP contribution < -0.4 is 5.32 Å². The Labute approximate surface area is 121 Å². The molecule has 1 aromatic rings. The van der Waals surface area contributed by atoms with Crippen molar-refractivity contribution in [2.24, 2.45) is 12.5 Å². The molecule has 0 aromatic carbocycles. The lowest BCUT2D eigenvalue weighted by molar-refractivity contribution is 0.189. The maximum atomic E-state index is 12.3. The van der Waals surface area contributed by atoms with E-state index in [0.717, 1.165) is 32.4 Å². The maximum absolute atomic E-state index is 12.3. The van der Waals surface area contributed by atoms with Crippen molar-refractivity contribution in [3.05, 3.63) is 17.5 Å². The Morgan fingerprint density at radius 3 is 2.95 bits per heavy atom. The van der Waals surface area contributed by atoms with Gasteiger partial charge in [0.25, 0.3) is 0 Å². The third kappa shape index (κ3) is 3.32. The fourth-order valence-electron chi connectivity index (χ4n) is 2.41. The second kappa shape index (κ2) is 5.85. The number of nitrogens with one attached hydrogen (secondary N) is 1. The Morgan fingerprint density at radius 2 is 2.25 bits per heavy atom. The van der Waals surface area contributed by atoms with Gasteiger partial charge in [-0.1, -0.05) is 20.8 Å². The Balaban J connectivity index is 1.97. The zero-order valence-electron chi connectivity index (χ0n) is 13.1. The number of carbonyl (C=O) groups is 1. The summed E-state index contributed by atoms with van der Waals surface area (Å²) < 4.78 is 1.93. The molecule has 0 radical (unpaired) electrons. The van der Waals surface area contributed by atoms with Crippen molar-refractivity contribution in [2.45, 2.75) is 46.6 Å². The van der Waals surface area contributed by atoms with Crippen LogP contribution in [-0.4, -0.2) is 33.8 Å². The second-order valence-electron chi connectivity index (χ2n) is 6.44. The third-order valence-electron chi connectivity index (χ3n) is 4.31. The maximum Gasteiger partial charge on any atom is 0.317 e. The SMILES string of the molecule is CCC(C)(C)CNC(=O)N1CCCc2c(cnn2C)C1. The van der Waals surface area contributed by atoms with E-state index in [1.807, 2.05) is 22.8 Å².